The number of aromatic amines is 2. The van der Waals surface area contributed by atoms with Gasteiger partial charge in [-0.05, 0) is 24.0 Å². The van der Waals surface area contributed by atoms with E-state index in [1.54, 1.807) is 6.20 Å². The van der Waals surface area contributed by atoms with Crippen molar-refractivity contribution in [3.63, 3.8) is 0 Å². The summed E-state index contributed by atoms with van der Waals surface area (Å²) in [5, 5.41) is 17.5. The molecule has 3 rings (SSSR count). The molecule has 14 heteroatoms. The number of carbonyl (C=O) groups excluding carboxylic acids is 3. The summed E-state index contributed by atoms with van der Waals surface area (Å²) in [7, 11) is 0. The number of imidazole rings is 2. The first-order valence-corrected chi connectivity index (χ1v) is 14.0. The van der Waals surface area contributed by atoms with Crippen LogP contribution in [0.3, 0.4) is 0 Å². The topological polar surface area (TPSA) is 208 Å². The zero-order valence-corrected chi connectivity index (χ0v) is 22.8. The highest BCUT2D eigenvalue weighted by Crippen LogP contribution is 2.08. The molecule has 0 saturated heterocycles. The monoisotopic (exact) mass is 570 g/mol. The molecule has 2 heterocycles. The van der Waals surface area contributed by atoms with Crippen LogP contribution in [-0.2, 0) is 38.4 Å². The van der Waals surface area contributed by atoms with Gasteiger partial charge in [-0.25, -0.2) is 14.8 Å². The van der Waals surface area contributed by atoms with E-state index >= 15 is 0 Å². The van der Waals surface area contributed by atoms with Gasteiger partial charge in [-0.15, -0.1) is 0 Å². The van der Waals surface area contributed by atoms with E-state index in [0.29, 0.717) is 17.1 Å². The van der Waals surface area contributed by atoms with E-state index in [0.717, 1.165) is 5.56 Å². The number of rotatable bonds is 16. The van der Waals surface area contributed by atoms with E-state index < -0.39 is 47.9 Å². The van der Waals surface area contributed by atoms with Gasteiger partial charge in [0.05, 0.1) is 18.7 Å². The smallest absolute Gasteiger partial charge is 0.326 e. The molecule has 2 aromatic heterocycles. The molecule has 0 saturated carbocycles. The van der Waals surface area contributed by atoms with Crippen LogP contribution in [0.4, 0.5) is 0 Å². The number of aromatic nitrogens is 4. The van der Waals surface area contributed by atoms with E-state index in [-0.39, 0.29) is 25.7 Å². The van der Waals surface area contributed by atoms with Crippen molar-refractivity contribution >= 4 is 35.5 Å². The number of H-pyrrole nitrogens is 2. The molecule has 8 N–H and O–H groups in total. The summed E-state index contributed by atoms with van der Waals surface area (Å²) in [5.41, 5.74) is 8.09. The fourth-order valence-electron chi connectivity index (χ4n) is 3.93. The van der Waals surface area contributed by atoms with Gasteiger partial charge < -0.3 is 36.8 Å². The van der Waals surface area contributed by atoms with E-state index in [4.69, 9.17) is 5.73 Å². The van der Waals surface area contributed by atoms with E-state index in [1.165, 1.54) is 30.6 Å². The molecule has 0 bridgehead atoms. The lowest BCUT2D eigenvalue weighted by molar-refractivity contribution is -0.142. The van der Waals surface area contributed by atoms with Crippen LogP contribution in [-0.4, -0.2) is 84.9 Å². The van der Waals surface area contributed by atoms with Crippen LogP contribution in [0.5, 0.6) is 0 Å². The second-order valence-electron chi connectivity index (χ2n) is 9.16. The number of hydrogen-bond acceptors (Lipinski definition) is 8. The zero-order chi connectivity index (χ0) is 28.9. The predicted molar refractivity (Wildman–Crippen MR) is 149 cm³/mol. The fraction of sp³-hybridized carbons (Fsp3) is 0.385. The summed E-state index contributed by atoms with van der Waals surface area (Å²) < 4.78 is 0. The largest absolute Gasteiger partial charge is 0.480 e. The molecule has 1 aromatic carbocycles. The summed E-state index contributed by atoms with van der Waals surface area (Å²) in [5.74, 6) is -2.49. The molecule has 0 aliphatic carbocycles. The lowest BCUT2D eigenvalue weighted by Gasteiger charge is -2.25. The average Bonchev–Trinajstić information content (AvgIpc) is 3.65. The Bertz CT molecular complexity index is 1220. The van der Waals surface area contributed by atoms with Gasteiger partial charge in [-0.1, -0.05) is 30.3 Å². The summed E-state index contributed by atoms with van der Waals surface area (Å²) in [6.45, 7) is 0. The van der Waals surface area contributed by atoms with Crippen LogP contribution in [0.2, 0.25) is 0 Å². The molecule has 13 nitrogen and oxygen atoms in total. The second-order valence-corrected chi connectivity index (χ2v) is 10.1. The Morgan fingerprint density at radius 1 is 0.850 bits per heavy atom. The molecule has 0 aliphatic rings. The Morgan fingerprint density at radius 2 is 1.40 bits per heavy atom. The second kappa shape index (κ2) is 15.4. The number of benzene rings is 1. The molecule has 0 fully saturated rings. The molecule has 0 radical (unpaired) electrons. The Morgan fingerprint density at radius 3 is 1.95 bits per heavy atom. The van der Waals surface area contributed by atoms with Crippen LogP contribution >= 0.6 is 11.8 Å². The normalized spacial score (nSPS) is 13.9. The number of nitrogens with two attached hydrogens (primary N) is 1. The van der Waals surface area contributed by atoms with Crippen LogP contribution in [0.1, 0.15) is 23.4 Å². The lowest BCUT2D eigenvalue weighted by Crippen LogP contribution is -2.58. The minimum absolute atomic E-state index is 0.0256. The summed E-state index contributed by atoms with van der Waals surface area (Å²) in [6, 6.07) is 4.80. The van der Waals surface area contributed by atoms with E-state index in [9.17, 15) is 24.3 Å². The van der Waals surface area contributed by atoms with Crippen molar-refractivity contribution in [1.29, 1.82) is 0 Å². The van der Waals surface area contributed by atoms with Crippen molar-refractivity contribution in [2.45, 2.75) is 49.9 Å². The number of aliphatic carboxylic acids is 1. The third-order valence-corrected chi connectivity index (χ3v) is 6.73. The number of thioether (sulfide) groups is 1. The van der Waals surface area contributed by atoms with Crippen LogP contribution in [0.25, 0.3) is 0 Å². The van der Waals surface area contributed by atoms with Crippen LogP contribution < -0.4 is 21.7 Å². The summed E-state index contributed by atoms with van der Waals surface area (Å²) >= 11 is 1.46. The van der Waals surface area contributed by atoms with Gasteiger partial charge in [0.1, 0.15) is 18.1 Å². The number of nitrogens with zero attached hydrogens (tertiary/aromatic N) is 2. The van der Waals surface area contributed by atoms with Gasteiger partial charge in [0.2, 0.25) is 17.7 Å². The minimum Gasteiger partial charge on any atom is -0.480 e. The van der Waals surface area contributed by atoms with E-state index in [1.807, 2.05) is 36.6 Å². The molecule has 4 unspecified atom stereocenters. The fourth-order valence-corrected chi connectivity index (χ4v) is 4.40. The molecule has 3 aromatic rings. The average molecular weight is 571 g/mol. The first-order valence-electron chi connectivity index (χ1n) is 12.6. The highest BCUT2D eigenvalue weighted by atomic mass is 32.2. The quantitative estimate of drug-likeness (QED) is 0.121. The van der Waals surface area contributed by atoms with Gasteiger partial charge in [-0.2, -0.15) is 11.8 Å². The van der Waals surface area contributed by atoms with Gasteiger partial charge in [0, 0.05) is 43.0 Å². The summed E-state index contributed by atoms with van der Waals surface area (Å²) in [4.78, 5) is 65.1. The molecule has 0 aliphatic heterocycles. The summed E-state index contributed by atoms with van der Waals surface area (Å²) in [6.07, 6.45) is 8.38. The molecule has 0 spiro atoms. The maximum atomic E-state index is 13.5. The lowest BCUT2D eigenvalue weighted by atomic mass is 10.0. The number of carboxylic acid groups (broad SMARTS) is 1. The molecule has 40 heavy (non-hydrogen) atoms. The maximum absolute atomic E-state index is 13.5. The van der Waals surface area contributed by atoms with Crippen molar-refractivity contribution in [3.8, 4) is 0 Å². The number of carbonyl (C=O) groups is 4. The van der Waals surface area contributed by atoms with Gasteiger partial charge >= 0.3 is 5.97 Å². The maximum Gasteiger partial charge on any atom is 0.326 e. The number of carboxylic acids is 1. The highest BCUT2D eigenvalue weighted by Gasteiger charge is 2.31. The SMILES string of the molecule is CSCCC(NC(=O)C(Cc1cnc[nH]1)NC(=O)C(Cc1ccccc1)NC(=O)C(N)Cc1cnc[nH]1)C(=O)O. The number of amides is 3. The number of nitrogens with one attached hydrogen (secondary N) is 5. The molecular formula is C26H34N8O5S. The van der Waals surface area contributed by atoms with Crippen molar-refractivity contribution in [3.05, 3.63) is 72.3 Å². The first kappa shape index (κ1) is 30.4. The molecular weight excluding hydrogens is 536 g/mol. The Hall–Kier alpha value is -4.17. The van der Waals surface area contributed by atoms with E-state index in [2.05, 4.69) is 35.9 Å². The van der Waals surface area contributed by atoms with Gasteiger partial charge in [-0.3, -0.25) is 14.4 Å². The molecule has 3 amide bonds. The Kier molecular flexibility index (Phi) is 11.7. The minimum atomic E-state index is -1.17. The van der Waals surface area contributed by atoms with Crippen LogP contribution in [0, 0.1) is 0 Å². The Labute approximate surface area is 235 Å². The third kappa shape index (κ3) is 9.54. The van der Waals surface area contributed by atoms with Gasteiger partial charge in [0.15, 0.2) is 0 Å². The Balaban J connectivity index is 1.78. The number of hydrogen-bond donors (Lipinski definition) is 7. The van der Waals surface area contributed by atoms with Crippen molar-refractivity contribution in [2.75, 3.05) is 12.0 Å². The predicted octanol–water partition coefficient (Wildman–Crippen LogP) is -0.220. The van der Waals surface area contributed by atoms with Crippen molar-refractivity contribution in [1.82, 2.24) is 35.9 Å². The van der Waals surface area contributed by atoms with Gasteiger partial charge in [0.25, 0.3) is 0 Å². The third-order valence-electron chi connectivity index (χ3n) is 6.08. The highest BCUT2D eigenvalue weighted by molar-refractivity contribution is 7.98. The standard InChI is InChI=1S/C26H34N8O5S/c1-40-8-7-20(26(38)39)32-25(37)22(11-18-13-29-15-31-18)34-24(36)21(9-16-5-3-2-4-6-16)33-23(35)19(27)10-17-12-28-14-30-17/h2-6,12-15,19-22H,7-11,27H2,1H3,(H,28,30)(H,29,31)(H,32,37)(H,33,35)(H,34,36)(H,38,39). The zero-order valence-electron chi connectivity index (χ0n) is 22.0. The van der Waals surface area contributed by atoms with Crippen molar-refractivity contribution < 1.29 is 24.3 Å². The molecule has 214 valence electrons. The van der Waals surface area contributed by atoms with Crippen LogP contribution in [0.15, 0.2) is 55.4 Å². The van der Waals surface area contributed by atoms with Crippen molar-refractivity contribution in [2.24, 2.45) is 5.73 Å². The first-order chi connectivity index (χ1) is 19.3. The molecule has 4 atom stereocenters.